The lowest BCUT2D eigenvalue weighted by Gasteiger charge is -2.32. The minimum atomic E-state index is 0.131. The first-order chi connectivity index (χ1) is 12.8. The highest BCUT2D eigenvalue weighted by Crippen LogP contribution is 2.26. The lowest BCUT2D eigenvalue weighted by Crippen LogP contribution is -2.34. The van der Waals surface area contributed by atoms with Crippen LogP contribution in [0.15, 0.2) is 55.0 Å². The molecule has 1 N–H and O–H groups in total. The van der Waals surface area contributed by atoms with Crippen LogP contribution in [0.25, 0.3) is 5.69 Å². The molecule has 1 aliphatic heterocycles. The number of aliphatic hydroxyl groups is 1. The van der Waals surface area contributed by atoms with E-state index in [0.717, 1.165) is 31.0 Å². The highest BCUT2D eigenvalue weighted by atomic mass is 16.3. The standard InChI is InChI=1S/C20H25N5O/c26-14-13-24-12-8-20(22-24)18-3-1-10-23(16-18)15-17-4-6-19(7-5-17)25-11-2-9-21-25/h2,4-9,11-12,18,26H,1,3,10,13-16H2. The fraction of sp³-hybridized carbons (Fsp3) is 0.400. The summed E-state index contributed by atoms with van der Waals surface area (Å²) in [6.07, 6.45) is 8.11. The molecule has 0 aliphatic carbocycles. The van der Waals surface area contributed by atoms with Crippen LogP contribution < -0.4 is 0 Å². The van der Waals surface area contributed by atoms with Crippen molar-refractivity contribution in [2.45, 2.75) is 31.8 Å². The molecule has 1 fully saturated rings. The molecular weight excluding hydrogens is 326 g/mol. The molecule has 26 heavy (non-hydrogen) atoms. The number of piperidine rings is 1. The first kappa shape index (κ1) is 17.0. The summed E-state index contributed by atoms with van der Waals surface area (Å²) in [6.45, 7) is 3.84. The number of hydrogen-bond acceptors (Lipinski definition) is 4. The highest BCUT2D eigenvalue weighted by Gasteiger charge is 2.23. The monoisotopic (exact) mass is 351 g/mol. The predicted octanol–water partition coefficient (Wildman–Crippen LogP) is 2.44. The lowest BCUT2D eigenvalue weighted by atomic mass is 9.94. The Morgan fingerprint density at radius 1 is 1.12 bits per heavy atom. The largest absolute Gasteiger partial charge is 0.394 e. The zero-order chi connectivity index (χ0) is 17.8. The fourth-order valence-electron chi connectivity index (χ4n) is 3.70. The van der Waals surface area contributed by atoms with Crippen LogP contribution in [0.2, 0.25) is 0 Å². The normalized spacial score (nSPS) is 18.3. The third-order valence-corrected chi connectivity index (χ3v) is 5.03. The molecule has 0 amide bonds. The molecule has 3 aromatic rings. The van der Waals surface area contributed by atoms with Crippen LogP contribution in [-0.4, -0.2) is 49.3 Å². The first-order valence-corrected chi connectivity index (χ1v) is 9.27. The van der Waals surface area contributed by atoms with Gasteiger partial charge in [-0.1, -0.05) is 12.1 Å². The molecule has 3 heterocycles. The van der Waals surface area contributed by atoms with E-state index in [4.69, 9.17) is 5.11 Å². The van der Waals surface area contributed by atoms with E-state index in [1.54, 1.807) is 6.20 Å². The van der Waals surface area contributed by atoms with Gasteiger partial charge in [-0.3, -0.25) is 9.58 Å². The predicted molar refractivity (Wildman–Crippen MR) is 100 cm³/mol. The molecule has 4 rings (SSSR count). The molecule has 0 saturated carbocycles. The van der Waals surface area contributed by atoms with Crippen molar-refractivity contribution in [2.75, 3.05) is 19.7 Å². The topological polar surface area (TPSA) is 59.1 Å². The first-order valence-electron chi connectivity index (χ1n) is 9.27. The zero-order valence-electron chi connectivity index (χ0n) is 14.9. The molecule has 1 unspecified atom stereocenters. The van der Waals surface area contributed by atoms with Gasteiger partial charge in [0, 0.05) is 37.6 Å². The number of benzene rings is 1. The van der Waals surface area contributed by atoms with Crippen molar-refractivity contribution in [3.63, 3.8) is 0 Å². The second-order valence-corrected chi connectivity index (χ2v) is 6.92. The van der Waals surface area contributed by atoms with E-state index in [1.165, 1.54) is 18.4 Å². The van der Waals surface area contributed by atoms with Crippen molar-refractivity contribution in [3.05, 3.63) is 66.2 Å². The molecule has 0 spiro atoms. The van der Waals surface area contributed by atoms with Crippen molar-refractivity contribution in [1.29, 1.82) is 0 Å². The van der Waals surface area contributed by atoms with Gasteiger partial charge in [-0.25, -0.2) is 4.68 Å². The Balaban J connectivity index is 1.38. The maximum atomic E-state index is 9.05. The van der Waals surface area contributed by atoms with E-state index >= 15 is 0 Å². The Morgan fingerprint density at radius 3 is 2.77 bits per heavy atom. The van der Waals surface area contributed by atoms with E-state index in [9.17, 15) is 0 Å². The molecule has 0 radical (unpaired) electrons. The molecular formula is C20H25N5O. The Kier molecular flexibility index (Phi) is 5.13. The number of aromatic nitrogens is 4. The average molecular weight is 351 g/mol. The third-order valence-electron chi connectivity index (χ3n) is 5.03. The molecule has 1 aromatic carbocycles. The summed E-state index contributed by atoms with van der Waals surface area (Å²) in [6, 6.07) is 12.7. The van der Waals surface area contributed by atoms with Gasteiger partial charge in [-0.05, 0) is 49.2 Å². The summed E-state index contributed by atoms with van der Waals surface area (Å²) < 4.78 is 3.71. The summed E-state index contributed by atoms with van der Waals surface area (Å²) in [5.74, 6) is 0.479. The molecule has 6 nitrogen and oxygen atoms in total. The van der Waals surface area contributed by atoms with Crippen LogP contribution in [0.3, 0.4) is 0 Å². The van der Waals surface area contributed by atoms with E-state index in [0.29, 0.717) is 12.5 Å². The van der Waals surface area contributed by atoms with Gasteiger partial charge < -0.3 is 5.11 Å². The number of likely N-dealkylation sites (tertiary alicyclic amines) is 1. The minimum absolute atomic E-state index is 0.131. The third kappa shape index (κ3) is 3.86. The van der Waals surface area contributed by atoms with Crippen LogP contribution in [0.4, 0.5) is 0 Å². The Bertz CT molecular complexity index is 809. The maximum Gasteiger partial charge on any atom is 0.0668 e. The number of aliphatic hydroxyl groups excluding tert-OH is 1. The Morgan fingerprint density at radius 2 is 2.00 bits per heavy atom. The quantitative estimate of drug-likeness (QED) is 0.741. The Hall–Kier alpha value is -2.44. The molecule has 1 aliphatic rings. The summed E-state index contributed by atoms with van der Waals surface area (Å²) in [5, 5.41) is 17.9. The van der Waals surface area contributed by atoms with Gasteiger partial charge in [-0.2, -0.15) is 10.2 Å². The van der Waals surface area contributed by atoms with Gasteiger partial charge in [-0.15, -0.1) is 0 Å². The smallest absolute Gasteiger partial charge is 0.0668 e. The summed E-state index contributed by atoms with van der Waals surface area (Å²) in [5.41, 5.74) is 3.56. The van der Waals surface area contributed by atoms with E-state index in [-0.39, 0.29) is 6.61 Å². The summed E-state index contributed by atoms with van der Waals surface area (Å²) >= 11 is 0. The van der Waals surface area contributed by atoms with Crippen LogP contribution in [0.1, 0.15) is 30.0 Å². The second-order valence-electron chi connectivity index (χ2n) is 6.92. The van der Waals surface area contributed by atoms with E-state index < -0.39 is 0 Å². The van der Waals surface area contributed by atoms with Crippen molar-refractivity contribution in [2.24, 2.45) is 0 Å². The summed E-state index contributed by atoms with van der Waals surface area (Å²) in [4.78, 5) is 2.52. The fourth-order valence-corrected chi connectivity index (χ4v) is 3.70. The van der Waals surface area contributed by atoms with Gasteiger partial charge in [0.25, 0.3) is 0 Å². The van der Waals surface area contributed by atoms with Crippen LogP contribution >= 0.6 is 0 Å². The van der Waals surface area contributed by atoms with Crippen LogP contribution in [0.5, 0.6) is 0 Å². The number of rotatable bonds is 6. The van der Waals surface area contributed by atoms with Gasteiger partial charge in [0.15, 0.2) is 0 Å². The zero-order valence-corrected chi connectivity index (χ0v) is 14.9. The number of hydrogen-bond donors (Lipinski definition) is 1. The molecule has 6 heteroatoms. The average Bonchev–Trinajstić information content (AvgIpc) is 3.35. The van der Waals surface area contributed by atoms with Crippen molar-refractivity contribution in [3.8, 4) is 5.69 Å². The van der Waals surface area contributed by atoms with Gasteiger partial charge in [0.05, 0.1) is 24.5 Å². The summed E-state index contributed by atoms with van der Waals surface area (Å²) in [7, 11) is 0. The van der Waals surface area contributed by atoms with E-state index in [2.05, 4.69) is 45.4 Å². The SMILES string of the molecule is OCCn1ccc(C2CCCN(Cc3ccc(-n4cccn4)cc3)C2)n1. The molecule has 2 aromatic heterocycles. The van der Waals surface area contributed by atoms with Crippen molar-refractivity contribution in [1.82, 2.24) is 24.5 Å². The van der Waals surface area contributed by atoms with Gasteiger partial charge in [0.1, 0.15) is 0 Å². The maximum absolute atomic E-state index is 9.05. The van der Waals surface area contributed by atoms with Crippen molar-refractivity contribution < 1.29 is 5.11 Å². The second kappa shape index (κ2) is 7.85. The van der Waals surface area contributed by atoms with Crippen molar-refractivity contribution >= 4 is 0 Å². The highest BCUT2D eigenvalue weighted by molar-refractivity contribution is 5.33. The van der Waals surface area contributed by atoms with Crippen LogP contribution in [0, 0.1) is 0 Å². The van der Waals surface area contributed by atoms with E-state index in [1.807, 2.05) is 27.8 Å². The lowest BCUT2D eigenvalue weighted by molar-refractivity contribution is 0.197. The van der Waals surface area contributed by atoms with Crippen LogP contribution in [-0.2, 0) is 13.1 Å². The van der Waals surface area contributed by atoms with Gasteiger partial charge >= 0.3 is 0 Å². The molecule has 1 atom stereocenters. The number of nitrogens with zero attached hydrogens (tertiary/aromatic N) is 5. The molecule has 1 saturated heterocycles. The molecule has 136 valence electrons. The minimum Gasteiger partial charge on any atom is -0.394 e. The molecule has 0 bridgehead atoms. The van der Waals surface area contributed by atoms with Gasteiger partial charge in [0.2, 0.25) is 0 Å². The Labute approximate surface area is 153 Å².